The molecule has 0 heterocycles. The van der Waals surface area contributed by atoms with E-state index in [9.17, 15) is 4.79 Å². The minimum absolute atomic E-state index is 0.000937. The molecule has 0 aliphatic carbocycles. The van der Waals surface area contributed by atoms with Gasteiger partial charge in [0.15, 0.2) is 0 Å². The van der Waals surface area contributed by atoms with Crippen LogP contribution in [0.4, 0.5) is 0 Å². The van der Waals surface area contributed by atoms with Crippen LogP contribution < -0.4 is 15.6 Å². The van der Waals surface area contributed by atoms with Gasteiger partial charge in [-0.2, -0.15) is 0 Å². The van der Waals surface area contributed by atoms with E-state index in [2.05, 4.69) is 31.6 Å². The number of carbonyl (C=O) groups is 1. The third kappa shape index (κ3) is 3.20. The molecule has 0 radical (unpaired) electrons. The van der Waals surface area contributed by atoms with Gasteiger partial charge in [0, 0.05) is 7.05 Å². The van der Waals surface area contributed by atoms with Crippen LogP contribution in [0.2, 0.25) is 0 Å². The zero-order valence-corrected chi connectivity index (χ0v) is 11.0. The van der Waals surface area contributed by atoms with Gasteiger partial charge in [-0.1, -0.05) is 26.8 Å². The van der Waals surface area contributed by atoms with Gasteiger partial charge in [0.2, 0.25) is 0 Å². The number of nitrogens with one attached hydrogen (secondary N) is 2. The van der Waals surface area contributed by atoms with Crippen LogP contribution in [0.25, 0.3) is 0 Å². The Kier molecular flexibility index (Phi) is 4.12. The molecule has 0 atom stereocenters. The van der Waals surface area contributed by atoms with E-state index in [1.165, 1.54) is 0 Å². The minimum atomic E-state index is -0.199. The van der Waals surface area contributed by atoms with Crippen LogP contribution in [0.5, 0.6) is 5.75 Å². The maximum Gasteiger partial charge on any atom is 0.269 e. The highest BCUT2D eigenvalue weighted by atomic mass is 16.5. The van der Waals surface area contributed by atoms with Crippen LogP contribution in [0, 0.1) is 0 Å². The van der Waals surface area contributed by atoms with E-state index in [4.69, 9.17) is 4.74 Å². The molecule has 0 saturated heterocycles. The summed E-state index contributed by atoms with van der Waals surface area (Å²) in [6.45, 7) is 6.32. The molecule has 0 bridgehead atoms. The van der Waals surface area contributed by atoms with Crippen molar-refractivity contribution < 1.29 is 9.53 Å². The maximum absolute atomic E-state index is 11.8. The first kappa shape index (κ1) is 13.5. The molecule has 0 aliphatic heterocycles. The molecule has 0 unspecified atom stereocenters. The summed E-state index contributed by atoms with van der Waals surface area (Å²) in [7, 11) is 3.21. The average molecular weight is 236 g/mol. The molecule has 17 heavy (non-hydrogen) atoms. The van der Waals surface area contributed by atoms with Gasteiger partial charge < -0.3 is 4.74 Å². The van der Waals surface area contributed by atoms with Gasteiger partial charge in [0.05, 0.1) is 12.7 Å². The van der Waals surface area contributed by atoms with E-state index >= 15 is 0 Å². The van der Waals surface area contributed by atoms with Crippen molar-refractivity contribution in [2.75, 3.05) is 14.2 Å². The summed E-state index contributed by atoms with van der Waals surface area (Å²) in [5.41, 5.74) is 6.80. The lowest BCUT2D eigenvalue weighted by atomic mass is 9.86. The van der Waals surface area contributed by atoms with E-state index in [-0.39, 0.29) is 11.3 Å². The summed E-state index contributed by atoms with van der Waals surface area (Å²) in [6.07, 6.45) is 0. The Balaban J connectivity index is 3.20. The van der Waals surface area contributed by atoms with E-state index in [1.807, 2.05) is 18.2 Å². The number of methoxy groups -OCH3 is 1. The third-order valence-corrected chi connectivity index (χ3v) is 2.55. The predicted molar refractivity (Wildman–Crippen MR) is 68.2 cm³/mol. The standard InChI is InChI=1S/C13H20N2O2/c1-13(2,3)9-6-7-11(17-5)10(8-9)12(16)15-14-4/h6-8,14H,1-5H3,(H,15,16). The van der Waals surface area contributed by atoms with Gasteiger partial charge in [0.1, 0.15) is 5.75 Å². The number of amides is 1. The largest absolute Gasteiger partial charge is 0.496 e. The summed E-state index contributed by atoms with van der Waals surface area (Å²) in [5, 5.41) is 0. The van der Waals surface area contributed by atoms with Crippen LogP contribution in [0.1, 0.15) is 36.7 Å². The summed E-state index contributed by atoms with van der Waals surface area (Å²) >= 11 is 0. The number of carbonyl (C=O) groups excluding carboxylic acids is 1. The van der Waals surface area contributed by atoms with Crippen molar-refractivity contribution in [2.45, 2.75) is 26.2 Å². The monoisotopic (exact) mass is 236 g/mol. The normalized spacial score (nSPS) is 11.1. The molecule has 0 spiro atoms. The molecule has 1 rings (SSSR count). The van der Waals surface area contributed by atoms with E-state index in [0.717, 1.165) is 5.56 Å². The highest BCUT2D eigenvalue weighted by Gasteiger charge is 2.18. The second kappa shape index (κ2) is 5.19. The zero-order valence-electron chi connectivity index (χ0n) is 11.0. The molecule has 2 N–H and O–H groups in total. The van der Waals surface area contributed by atoms with E-state index < -0.39 is 0 Å². The molecule has 4 nitrogen and oxygen atoms in total. The van der Waals surface area contributed by atoms with E-state index in [1.54, 1.807) is 14.2 Å². The predicted octanol–water partition coefficient (Wildman–Crippen LogP) is 1.86. The van der Waals surface area contributed by atoms with Crippen molar-refractivity contribution in [3.8, 4) is 5.75 Å². The van der Waals surface area contributed by atoms with Gasteiger partial charge in [-0.3, -0.25) is 10.2 Å². The lowest BCUT2D eigenvalue weighted by molar-refractivity contribution is 0.0935. The first-order valence-electron chi connectivity index (χ1n) is 5.55. The van der Waals surface area contributed by atoms with Gasteiger partial charge in [-0.05, 0) is 23.1 Å². The fraction of sp³-hybridized carbons (Fsp3) is 0.462. The highest BCUT2D eigenvalue weighted by molar-refractivity contribution is 5.96. The van der Waals surface area contributed by atoms with Gasteiger partial charge in [0.25, 0.3) is 5.91 Å². The molecule has 0 aromatic heterocycles. The Bertz CT molecular complexity index is 408. The molecule has 0 saturated carbocycles. The number of benzene rings is 1. The van der Waals surface area contributed by atoms with Crippen molar-refractivity contribution in [1.82, 2.24) is 10.9 Å². The quantitative estimate of drug-likeness (QED) is 0.788. The number of rotatable bonds is 3. The molecule has 0 fully saturated rings. The Hall–Kier alpha value is -1.55. The number of hydrazine groups is 1. The topological polar surface area (TPSA) is 50.4 Å². The molecule has 0 aliphatic rings. The Morgan fingerprint density at radius 3 is 2.41 bits per heavy atom. The molecule has 1 aromatic carbocycles. The maximum atomic E-state index is 11.8. The second-order valence-corrected chi connectivity index (χ2v) is 4.87. The lowest BCUT2D eigenvalue weighted by Crippen LogP contribution is -2.34. The van der Waals surface area contributed by atoms with Crippen LogP contribution in [-0.4, -0.2) is 20.1 Å². The average Bonchev–Trinajstić information content (AvgIpc) is 2.27. The van der Waals surface area contributed by atoms with Crippen LogP contribution in [0.3, 0.4) is 0 Å². The van der Waals surface area contributed by atoms with Gasteiger partial charge in [-0.15, -0.1) is 0 Å². The van der Waals surface area contributed by atoms with Crippen molar-refractivity contribution in [3.63, 3.8) is 0 Å². The SMILES string of the molecule is CNNC(=O)c1cc(C(C)(C)C)ccc1OC. The summed E-state index contributed by atoms with van der Waals surface area (Å²) in [6, 6.07) is 5.67. The molecular weight excluding hydrogens is 216 g/mol. The molecule has 1 amide bonds. The minimum Gasteiger partial charge on any atom is -0.496 e. The van der Waals surface area contributed by atoms with Crippen molar-refractivity contribution in [1.29, 1.82) is 0 Å². The van der Waals surface area contributed by atoms with Crippen molar-refractivity contribution >= 4 is 5.91 Å². The van der Waals surface area contributed by atoms with Crippen molar-refractivity contribution in [3.05, 3.63) is 29.3 Å². The smallest absolute Gasteiger partial charge is 0.269 e. The molecule has 94 valence electrons. The second-order valence-electron chi connectivity index (χ2n) is 4.87. The summed E-state index contributed by atoms with van der Waals surface area (Å²) in [5.74, 6) is 0.376. The number of ether oxygens (including phenoxy) is 1. The lowest BCUT2D eigenvalue weighted by Gasteiger charge is -2.20. The van der Waals surface area contributed by atoms with Crippen LogP contribution in [-0.2, 0) is 5.41 Å². The number of hydrogen-bond donors (Lipinski definition) is 2. The fourth-order valence-electron chi connectivity index (χ4n) is 1.53. The van der Waals surface area contributed by atoms with Crippen LogP contribution in [0.15, 0.2) is 18.2 Å². The Morgan fingerprint density at radius 1 is 1.29 bits per heavy atom. The van der Waals surface area contributed by atoms with E-state index in [0.29, 0.717) is 11.3 Å². The van der Waals surface area contributed by atoms with Gasteiger partial charge >= 0.3 is 0 Å². The molecular formula is C13H20N2O2. The van der Waals surface area contributed by atoms with Gasteiger partial charge in [-0.25, -0.2) is 5.43 Å². The summed E-state index contributed by atoms with van der Waals surface area (Å²) in [4.78, 5) is 11.8. The molecule has 1 aromatic rings. The number of hydrogen-bond acceptors (Lipinski definition) is 3. The first-order chi connectivity index (χ1) is 7.90. The molecule has 4 heteroatoms. The third-order valence-electron chi connectivity index (χ3n) is 2.55. The summed E-state index contributed by atoms with van der Waals surface area (Å²) < 4.78 is 5.19. The Morgan fingerprint density at radius 2 is 1.94 bits per heavy atom. The first-order valence-corrected chi connectivity index (χ1v) is 5.55. The Labute approximate surface area is 102 Å². The fourth-order valence-corrected chi connectivity index (χ4v) is 1.53. The van der Waals surface area contributed by atoms with Crippen molar-refractivity contribution in [2.24, 2.45) is 0 Å². The zero-order chi connectivity index (χ0) is 13.1. The van der Waals surface area contributed by atoms with Crippen LogP contribution >= 0.6 is 0 Å². The highest BCUT2D eigenvalue weighted by Crippen LogP contribution is 2.27.